The first-order valence-electron chi connectivity index (χ1n) is 11.4. The fourth-order valence-electron chi connectivity index (χ4n) is 4.38. The Morgan fingerprint density at radius 3 is 2.54 bits per heavy atom. The molecule has 0 atom stereocenters. The monoisotopic (exact) mass is 473 g/mol. The van der Waals surface area contributed by atoms with Gasteiger partial charge < -0.3 is 14.7 Å². The molecule has 1 saturated heterocycles. The van der Waals surface area contributed by atoms with Gasteiger partial charge in [-0.1, -0.05) is 5.16 Å². The third-order valence-electron chi connectivity index (χ3n) is 6.31. The number of hydrogen-bond donors (Lipinski definition) is 1. The van der Waals surface area contributed by atoms with Gasteiger partial charge in [0.1, 0.15) is 11.6 Å². The molecule has 5 rings (SSSR count). The number of fused-ring (bicyclic) bond motifs is 1. The molecule has 35 heavy (non-hydrogen) atoms. The Morgan fingerprint density at radius 2 is 1.83 bits per heavy atom. The van der Waals surface area contributed by atoms with E-state index in [9.17, 15) is 14.0 Å². The number of piperidine rings is 1. The van der Waals surface area contributed by atoms with Gasteiger partial charge >= 0.3 is 0 Å². The SMILES string of the molecule is Cc1ccnc(NC(=O)C2CCN(C(=O)c3cc(-c4ccc(F)cc4)nc4onc(C)c34)CC2)c1. The summed E-state index contributed by atoms with van der Waals surface area (Å²) in [5, 5.41) is 7.43. The zero-order chi connectivity index (χ0) is 24.5. The molecule has 1 N–H and O–H groups in total. The van der Waals surface area contributed by atoms with Gasteiger partial charge in [-0.15, -0.1) is 0 Å². The molecule has 0 spiro atoms. The second kappa shape index (κ2) is 9.25. The van der Waals surface area contributed by atoms with E-state index >= 15 is 0 Å². The highest BCUT2D eigenvalue weighted by atomic mass is 19.1. The molecule has 1 fully saturated rings. The van der Waals surface area contributed by atoms with Crippen molar-refractivity contribution in [3.8, 4) is 11.3 Å². The fraction of sp³-hybridized carbons (Fsp3) is 0.269. The summed E-state index contributed by atoms with van der Waals surface area (Å²) in [6.07, 6.45) is 2.75. The van der Waals surface area contributed by atoms with Crippen molar-refractivity contribution < 1.29 is 18.5 Å². The predicted octanol–water partition coefficient (Wildman–Crippen LogP) is 4.53. The van der Waals surface area contributed by atoms with Crippen molar-refractivity contribution in [2.45, 2.75) is 26.7 Å². The average molecular weight is 474 g/mol. The minimum absolute atomic E-state index is 0.0880. The van der Waals surface area contributed by atoms with Gasteiger partial charge in [0.2, 0.25) is 5.91 Å². The summed E-state index contributed by atoms with van der Waals surface area (Å²) in [4.78, 5) is 36.7. The van der Waals surface area contributed by atoms with E-state index in [0.717, 1.165) is 5.56 Å². The average Bonchev–Trinajstić information content (AvgIpc) is 3.24. The Morgan fingerprint density at radius 1 is 1.09 bits per heavy atom. The first-order chi connectivity index (χ1) is 16.9. The van der Waals surface area contributed by atoms with Crippen LogP contribution < -0.4 is 5.32 Å². The summed E-state index contributed by atoms with van der Waals surface area (Å²) in [5.41, 5.74) is 3.44. The maximum Gasteiger partial charge on any atom is 0.259 e. The van der Waals surface area contributed by atoms with Crippen LogP contribution in [0.4, 0.5) is 10.2 Å². The molecule has 8 nitrogen and oxygen atoms in total. The quantitative estimate of drug-likeness (QED) is 0.467. The maximum atomic E-state index is 13.6. The third kappa shape index (κ3) is 4.62. The molecule has 4 aromatic rings. The van der Waals surface area contributed by atoms with Crippen LogP contribution in [0.15, 0.2) is 53.2 Å². The van der Waals surface area contributed by atoms with E-state index in [1.54, 1.807) is 36.2 Å². The Balaban J connectivity index is 1.34. The van der Waals surface area contributed by atoms with Crippen LogP contribution in [-0.2, 0) is 4.79 Å². The molecule has 1 aromatic carbocycles. The number of amides is 2. The van der Waals surface area contributed by atoms with Crippen molar-refractivity contribution in [2.24, 2.45) is 5.92 Å². The van der Waals surface area contributed by atoms with Crippen LogP contribution in [0.25, 0.3) is 22.4 Å². The van der Waals surface area contributed by atoms with E-state index in [2.05, 4.69) is 20.4 Å². The lowest BCUT2D eigenvalue weighted by molar-refractivity contribution is -0.121. The van der Waals surface area contributed by atoms with Gasteiger partial charge in [0.25, 0.3) is 11.6 Å². The summed E-state index contributed by atoms with van der Waals surface area (Å²) >= 11 is 0. The highest BCUT2D eigenvalue weighted by molar-refractivity contribution is 6.07. The van der Waals surface area contributed by atoms with Crippen molar-refractivity contribution in [1.82, 2.24) is 20.0 Å². The Bertz CT molecular complexity index is 1410. The first kappa shape index (κ1) is 22.6. The molecule has 0 unspecified atom stereocenters. The predicted molar refractivity (Wildman–Crippen MR) is 128 cm³/mol. The lowest BCUT2D eigenvalue weighted by Crippen LogP contribution is -2.41. The minimum atomic E-state index is -0.355. The summed E-state index contributed by atoms with van der Waals surface area (Å²) < 4.78 is 18.8. The van der Waals surface area contributed by atoms with Crippen molar-refractivity contribution in [1.29, 1.82) is 0 Å². The van der Waals surface area contributed by atoms with E-state index in [1.807, 2.05) is 19.1 Å². The topological polar surface area (TPSA) is 101 Å². The maximum absolute atomic E-state index is 13.6. The number of benzene rings is 1. The molecular weight excluding hydrogens is 449 g/mol. The zero-order valence-corrected chi connectivity index (χ0v) is 19.4. The molecule has 0 aliphatic carbocycles. The number of hydrogen-bond acceptors (Lipinski definition) is 6. The normalized spacial score (nSPS) is 14.3. The molecule has 0 saturated carbocycles. The number of nitrogens with zero attached hydrogens (tertiary/aromatic N) is 4. The molecule has 0 radical (unpaired) electrons. The molecule has 0 bridgehead atoms. The lowest BCUT2D eigenvalue weighted by Gasteiger charge is -2.31. The molecule has 178 valence electrons. The number of carbonyl (C=O) groups is 2. The van der Waals surface area contributed by atoms with Crippen molar-refractivity contribution >= 4 is 28.7 Å². The highest BCUT2D eigenvalue weighted by Crippen LogP contribution is 2.29. The summed E-state index contributed by atoms with van der Waals surface area (Å²) in [5.74, 6) is -0.289. The van der Waals surface area contributed by atoms with Crippen molar-refractivity contribution in [2.75, 3.05) is 18.4 Å². The van der Waals surface area contributed by atoms with Crippen LogP contribution >= 0.6 is 0 Å². The van der Waals surface area contributed by atoms with Crippen LogP contribution in [0, 0.1) is 25.6 Å². The van der Waals surface area contributed by atoms with E-state index in [1.165, 1.54) is 12.1 Å². The van der Waals surface area contributed by atoms with Crippen LogP contribution in [0.1, 0.15) is 34.5 Å². The lowest BCUT2D eigenvalue weighted by atomic mass is 9.95. The first-order valence-corrected chi connectivity index (χ1v) is 11.4. The Kier molecular flexibility index (Phi) is 5.98. The highest BCUT2D eigenvalue weighted by Gasteiger charge is 2.30. The van der Waals surface area contributed by atoms with E-state index in [-0.39, 0.29) is 29.3 Å². The van der Waals surface area contributed by atoms with E-state index in [0.29, 0.717) is 59.7 Å². The van der Waals surface area contributed by atoms with Crippen molar-refractivity contribution in [3.05, 3.63) is 71.3 Å². The number of carbonyl (C=O) groups excluding carboxylic acids is 2. The molecule has 1 aliphatic heterocycles. The Hall–Kier alpha value is -4.14. The zero-order valence-electron chi connectivity index (χ0n) is 19.4. The van der Waals surface area contributed by atoms with Crippen LogP contribution in [-0.4, -0.2) is 44.9 Å². The van der Waals surface area contributed by atoms with Gasteiger partial charge in [0, 0.05) is 30.8 Å². The van der Waals surface area contributed by atoms with Gasteiger partial charge in [-0.3, -0.25) is 9.59 Å². The number of aryl methyl sites for hydroxylation is 2. The summed E-state index contributed by atoms with van der Waals surface area (Å²) in [7, 11) is 0. The second-order valence-corrected chi connectivity index (χ2v) is 8.78. The summed E-state index contributed by atoms with van der Waals surface area (Å²) in [6, 6.07) is 11.3. The number of likely N-dealkylation sites (tertiary alicyclic amines) is 1. The van der Waals surface area contributed by atoms with Gasteiger partial charge in [-0.05, 0) is 74.7 Å². The number of nitrogens with one attached hydrogen (secondary N) is 1. The fourth-order valence-corrected chi connectivity index (χ4v) is 4.38. The number of halogens is 1. The molecule has 2 amide bonds. The van der Waals surface area contributed by atoms with E-state index < -0.39 is 0 Å². The van der Waals surface area contributed by atoms with Crippen LogP contribution in [0.3, 0.4) is 0 Å². The number of anilines is 1. The minimum Gasteiger partial charge on any atom is -0.339 e. The summed E-state index contributed by atoms with van der Waals surface area (Å²) in [6.45, 7) is 4.59. The van der Waals surface area contributed by atoms with Crippen LogP contribution in [0.5, 0.6) is 0 Å². The van der Waals surface area contributed by atoms with Crippen molar-refractivity contribution in [3.63, 3.8) is 0 Å². The second-order valence-electron chi connectivity index (χ2n) is 8.78. The van der Waals surface area contributed by atoms with Crippen LogP contribution in [0.2, 0.25) is 0 Å². The molecule has 9 heteroatoms. The largest absolute Gasteiger partial charge is 0.339 e. The molecule has 3 aromatic heterocycles. The molecule has 1 aliphatic rings. The number of rotatable bonds is 4. The number of pyridine rings is 2. The van der Waals surface area contributed by atoms with Gasteiger partial charge in [0.05, 0.1) is 22.3 Å². The van der Waals surface area contributed by atoms with Gasteiger partial charge in [-0.2, -0.15) is 0 Å². The third-order valence-corrected chi connectivity index (χ3v) is 6.31. The molecular formula is C26H24FN5O3. The van der Waals surface area contributed by atoms with Gasteiger partial charge in [0.15, 0.2) is 0 Å². The standard InChI is InChI=1S/C26H24FN5O3/c1-15-7-10-28-22(13-15)30-24(33)18-8-11-32(12-9-18)26(34)20-14-21(17-3-5-19(27)6-4-17)29-25-23(20)16(2)31-35-25/h3-7,10,13-14,18H,8-9,11-12H2,1-2H3,(H,28,30,33). The smallest absolute Gasteiger partial charge is 0.259 e. The van der Waals surface area contributed by atoms with Gasteiger partial charge in [-0.25, -0.2) is 14.4 Å². The van der Waals surface area contributed by atoms with E-state index in [4.69, 9.17) is 4.52 Å². The number of aromatic nitrogens is 3. The Labute approximate surface area is 201 Å². The molecule has 4 heterocycles.